The molecule has 1 aliphatic rings. The third kappa shape index (κ3) is 5.41. The number of hydrogen-bond acceptors (Lipinski definition) is 3. The molecule has 0 aliphatic heterocycles. The number of ether oxygens (including phenoxy) is 1. The molecule has 1 aliphatic carbocycles. The molecule has 0 saturated heterocycles. The summed E-state index contributed by atoms with van der Waals surface area (Å²) in [6.45, 7) is 3.01. The van der Waals surface area contributed by atoms with Gasteiger partial charge in [-0.3, -0.25) is 9.59 Å². The predicted octanol–water partition coefficient (Wildman–Crippen LogP) is 1.24. The van der Waals surface area contributed by atoms with E-state index in [1.807, 2.05) is 60.7 Å². The van der Waals surface area contributed by atoms with Crippen molar-refractivity contribution in [3.8, 4) is 0 Å². The number of methoxy groups -OCH3 is 1. The number of carbonyl (C=O) groups excluding carboxylic acids is 2. The highest BCUT2D eigenvalue weighted by atomic mass is 79.9. The Bertz CT molecular complexity index is 1110. The van der Waals surface area contributed by atoms with Crippen molar-refractivity contribution in [3.05, 3.63) is 90.0 Å². The molecule has 0 radical (unpaired) electrons. The van der Waals surface area contributed by atoms with Gasteiger partial charge in [0.25, 0.3) is 5.82 Å². The Morgan fingerprint density at radius 1 is 1.03 bits per heavy atom. The van der Waals surface area contributed by atoms with E-state index in [1.165, 1.54) is 12.9 Å². The Hall–Kier alpha value is -2.93. The smallest absolute Gasteiger partial charge is 0.305 e. The van der Waals surface area contributed by atoms with E-state index in [2.05, 4.69) is 28.5 Å². The summed E-state index contributed by atoms with van der Waals surface area (Å²) in [5.74, 6) is 0.851. The number of amides is 1. The van der Waals surface area contributed by atoms with Gasteiger partial charge < -0.3 is 27.5 Å². The molecule has 192 valence electrons. The number of unbranched alkanes of at least 4 members (excludes halogenated alkanes) is 1. The number of primary amides is 1. The highest BCUT2D eigenvalue weighted by Crippen LogP contribution is 2.48. The lowest BCUT2D eigenvalue weighted by molar-refractivity contribution is -0.727. The molecule has 0 spiro atoms. The molecule has 1 saturated carbocycles. The Morgan fingerprint density at radius 2 is 1.64 bits per heavy atom. The summed E-state index contributed by atoms with van der Waals surface area (Å²) in [5.41, 5.74) is 7.33. The van der Waals surface area contributed by atoms with Crippen LogP contribution >= 0.6 is 0 Å². The average molecular weight is 555 g/mol. The van der Waals surface area contributed by atoms with E-state index in [9.17, 15) is 9.59 Å². The molecule has 1 heterocycles. The number of aromatic nitrogens is 2. The second-order valence-electron chi connectivity index (χ2n) is 9.55. The number of esters is 1. The summed E-state index contributed by atoms with van der Waals surface area (Å²) in [6, 6.07) is 20.4. The van der Waals surface area contributed by atoms with E-state index >= 15 is 0 Å². The minimum absolute atomic E-state index is 0. The van der Waals surface area contributed by atoms with Crippen LogP contribution in [0.25, 0.3) is 0 Å². The van der Waals surface area contributed by atoms with E-state index in [1.54, 1.807) is 0 Å². The van der Waals surface area contributed by atoms with Gasteiger partial charge in [0, 0.05) is 13.3 Å². The van der Waals surface area contributed by atoms with Crippen LogP contribution in [0.15, 0.2) is 73.1 Å². The molecule has 4 rings (SSSR count). The standard InChI is InChI=1S/C29H35N3O3.BrH/c1-22-31(18-10-9-15-27(33)35-2)19-20-32(22)26-17-16-25(21-26)29(28(30)34,23-11-5-3-6-12-23)24-13-7-4-8-14-24;/h3-8,11-14,19-20,25-26H,9-10,15-18,21H2,1-2H3,(H-,30,34);1H/t25-,26+;/m1./s1. The van der Waals surface area contributed by atoms with Crippen molar-refractivity contribution in [1.29, 1.82) is 0 Å². The molecule has 1 amide bonds. The third-order valence-electron chi connectivity index (χ3n) is 7.71. The minimum Gasteiger partial charge on any atom is -1.00 e. The van der Waals surface area contributed by atoms with Gasteiger partial charge in [-0.2, -0.15) is 0 Å². The van der Waals surface area contributed by atoms with Gasteiger partial charge in [-0.25, -0.2) is 9.13 Å². The summed E-state index contributed by atoms with van der Waals surface area (Å²) in [6.07, 6.45) is 9.26. The minimum atomic E-state index is -0.859. The lowest BCUT2D eigenvalue weighted by Gasteiger charge is -2.37. The van der Waals surface area contributed by atoms with Crippen molar-refractivity contribution in [2.24, 2.45) is 11.7 Å². The first-order valence-electron chi connectivity index (χ1n) is 12.5. The molecule has 2 aromatic carbocycles. The van der Waals surface area contributed by atoms with Crippen LogP contribution in [-0.4, -0.2) is 23.6 Å². The van der Waals surface area contributed by atoms with Gasteiger partial charge in [0.1, 0.15) is 23.9 Å². The van der Waals surface area contributed by atoms with Gasteiger partial charge in [0.05, 0.1) is 13.7 Å². The van der Waals surface area contributed by atoms with Gasteiger partial charge in [0.15, 0.2) is 0 Å². The predicted molar refractivity (Wildman–Crippen MR) is 134 cm³/mol. The topological polar surface area (TPSA) is 78.2 Å². The molecule has 6 nitrogen and oxygen atoms in total. The largest absolute Gasteiger partial charge is 1.00 e. The monoisotopic (exact) mass is 553 g/mol. The van der Waals surface area contributed by atoms with Crippen LogP contribution in [-0.2, 0) is 26.3 Å². The first-order valence-corrected chi connectivity index (χ1v) is 12.5. The number of benzene rings is 2. The van der Waals surface area contributed by atoms with Crippen molar-refractivity contribution < 1.29 is 35.9 Å². The average Bonchev–Trinajstić information content (AvgIpc) is 3.50. The van der Waals surface area contributed by atoms with Crippen LogP contribution in [0.3, 0.4) is 0 Å². The summed E-state index contributed by atoms with van der Waals surface area (Å²) in [4.78, 5) is 24.7. The van der Waals surface area contributed by atoms with E-state index in [0.29, 0.717) is 12.5 Å². The quantitative estimate of drug-likeness (QED) is 0.233. The first kappa shape index (κ1) is 27.7. The van der Waals surface area contributed by atoms with Crippen molar-refractivity contribution in [1.82, 2.24) is 4.57 Å². The van der Waals surface area contributed by atoms with Gasteiger partial charge in [-0.1, -0.05) is 60.7 Å². The number of rotatable bonds is 10. The Balaban J connectivity index is 0.00000361. The van der Waals surface area contributed by atoms with Crippen LogP contribution in [0.5, 0.6) is 0 Å². The van der Waals surface area contributed by atoms with Gasteiger partial charge in [0.2, 0.25) is 5.91 Å². The molecule has 3 aromatic rings. The van der Waals surface area contributed by atoms with Crippen LogP contribution < -0.4 is 27.3 Å². The first-order chi connectivity index (χ1) is 17.0. The fraction of sp³-hybridized carbons (Fsp3) is 0.414. The normalized spacial score (nSPS) is 17.4. The summed E-state index contributed by atoms with van der Waals surface area (Å²) in [5, 5.41) is 0. The molecule has 7 heteroatoms. The molecule has 1 fully saturated rings. The van der Waals surface area contributed by atoms with Crippen molar-refractivity contribution in [2.45, 2.75) is 63.5 Å². The molecule has 36 heavy (non-hydrogen) atoms. The fourth-order valence-electron chi connectivity index (χ4n) is 5.92. The zero-order valence-corrected chi connectivity index (χ0v) is 22.7. The lowest BCUT2D eigenvalue weighted by atomic mass is 9.64. The zero-order valence-electron chi connectivity index (χ0n) is 21.1. The van der Waals surface area contributed by atoms with E-state index in [-0.39, 0.29) is 34.8 Å². The number of nitrogens with two attached hydrogens (primary N) is 1. The molecule has 0 unspecified atom stereocenters. The Morgan fingerprint density at radius 3 is 2.19 bits per heavy atom. The number of aryl methyl sites for hydroxylation is 1. The second kappa shape index (κ2) is 12.3. The second-order valence-corrected chi connectivity index (χ2v) is 9.55. The van der Waals surface area contributed by atoms with Crippen molar-refractivity contribution >= 4 is 11.9 Å². The number of carbonyl (C=O) groups is 2. The molecule has 2 atom stereocenters. The zero-order chi connectivity index (χ0) is 24.8. The van der Waals surface area contributed by atoms with Crippen LogP contribution in [0.4, 0.5) is 0 Å². The van der Waals surface area contributed by atoms with Crippen LogP contribution in [0.2, 0.25) is 0 Å². The summed E-state index contributed by atoms with van der Waals surface area (Å²) in [7, 11) is 1.43. The highest BCUT2D eigenvalue weighted by molar-refractivity contribution is 5.91. The van der Waals surface area contributed by atoms with E-state index < -0.39 is 5.41 Å². The maximum atomic E-state index is 13.3. The maximum Gasteiger partial charge on any atom is 0.305 e. The molecule has 2 N–H and O–H groups in total. The molecule has 1 aromatic heterocycles. The molecular weight excluding hydrogens is 518 g/mol. The van der Waals surface area contributed by atoms with Gasteiger partial charge in [-0.15, -0.1) is 0 Å². The van der Waals surface area contributed by atoms with Crippen LogP contribution in [0.1, 0.15) is 61.5 Å². The third-order valence-corrected chi connectivity index (χ3v) is 7.71. The molecule has 0 bridgehead atoms. The molecular formula is C29H36BrN3O3. The maximum absolute atomic E-state index is 13.3. The Kier molecular flexibility index (Phi) is 9.49. The van der Waals surface area contributed by atoms with Crippen molar-refractivity contribution in [2.75, 3.05) is 7.11 Å². The number of hydrogen-bond donors (Lipinski definition) is 1. The van der Waals surface area contributed by atoms with Crippen molar-refractivity contribution in [3.63, 3.8) is 0 Å². The number of halogens is 1. The SMILES string of the molecule is COC(=O)CCCCn1cc[n+]([C@H]2CC[C@@H](C(C(N)=O)(c3ccccc3)c3ccccc3)C2)c1C.[Br-]. The van der Waals surface area contributed by atoms with Gasteiger partial charge >= 0.3 is 5.97 Å². The summed E-state index contributed by atoms with van der Waals surface area (Å²) < 4.78 is 9.33. The number of imidazole rings is 1. The lowest BCUT2D eigenvalue weighted by Crippen LogP contribution is -3.00. The Labute approximate surface area is 224 Å². The van der Waals surface area contributed by atoms with Crippen LogP contribution in [0, 0.1) is 12.8 Å². The highest BCUT2D eigenvalue weighted by Gasteiger charge is 2.51. The fourth-order valence-corrected chi connectivity index (χ4v) is 5.92. The number of nitrogens with zero attached hydrogens (tertiary/aromatic N) is 2. The van der Waals surface area contributed by atoms with Gasteiger partial charge in [-0.05, 0) is 49.1 Å². The summed E-state index contributed by atoms with van der Waals surface area (Å²) >= 11 is 0. The van der Waals surface area contributed by atoms with E-state index in [4.69, 9.17) is 10.5 Å². The van der Waals surface area contributed by atoms with E-state index in [0.717, 1.165) is 49.8 Å².